The molecule has 1 aliphatic heterocycles. The molecule has 0 saturated carbocycles. The van der Waals surface area contributed by atoms with Gasteiger partial charge in [0.2, 0.25) is 0 Å². The lowest BCUT2D eigenvalue weighted by atomic mass is 9.91. The fourth-order valence-corrected chi connectivity index (χ4v) is 3.74. The van der Waals surface area contributed by atoms with Crippen molar-refractivity contribution in [1.29, 1.82) is 5.41 Å². The Morgan fingerprint density at radius 3 is 2.62 bits per heavy atom. The van der Waals surface area contributed by atoms with E-state index in [9.17, 15) is 4.79 Å². The van der Waals surface area contributed by atoms with E-state index >= 15 is 0 Å². The van der Waals surface area contributed by atoms with Crippen molar-refractivity contribution >= 4 is 11.9 Å². The van der Waals surface area contributed by atoms with Gasteiger partial charge in [-0.3, -0.25) is 10.2 Å². The van der Waals surface area contributed by atoms with Crippen LogP contribution in [0.25, 0.3) is 0 Å². The minimum Gasteiger partial charge on any atom is -0.427 e. The zero-order chi connectivity index (χ0) is 16.9. The first-order valence-electron chi connectivity index (χ1n) is 9.03. The van der Waals surface area contributed by atoms with Gasteiger partial charge in [0, 0.05) is 19.5 Å². The number of guanidine groups is 1. The summed E-state index contributed by atoms with van der Waals surface area (Å²) < 4.78 is 5.53. The number of benzene rings is 1. The van der Waals surface area contributed by atoms with Gasteiger partial charge >= 0.3 is 5.97 Å². The Morgan fingerprint density at radius 2 is 1.92 bits per heavy atom. The van der Waals surface area contributed by atoms with Gasteiger partial charge in [0.1, 0.15) is 5.75 Å². The van der Waals surface area contributed by atoms with Crippen molar-refractivity contribution in [2.75, 3.05) is 13.1 Å². The molecule has 2 aliphatic rings. The summed E-state index contributed by atoms with van der Waals surface area (Å²) in [6.45, 7) is 1.64. The second-order valence-corrected chi connectivity index (χ2v) is 6.97. The molecule has 1 aromatic rings. The van der Waals surface area contributed by atoms with Crippen molar-refractivity contribution in [2.45, 2.75) is 51.4 Å². The van der Waals surface area contributed by atoms with Gasteiger partial charge in [-0.05, 0) is 74.1 Å². The molecule has 1 aliphatic carbocycles. The van der Waals surface area contributed by atoms with Crippen molar-refractivity contribution in [3.8, 4) is 5.75 Å². The van der Waals surface area contributed by atoms with Crippen molar-refractivity contribution in [3.63, 3.8) is 0 Å². The van der Waals surface area contributed by atoms with Gasteiger partial charge in [0.25, 0.3) is 0 Å². The number of carbonyl (C=O) groups is 1. The molecule has 0 amide bonds. The summed E-state index contributed by atoms with van der Waals surface area (Å²) in [5.74, 6) is 1.23. The van der Waals surface area contributed by atoms with E-state index < -0.39 is 0 Å². The molecule has 1 heterocycles. The maximum Gasteiger partial charge on any atom is 0.311 e. The minimum absolute atomic E-state index is 0.139. The Morgan fingerprint density at radius 1 is 1.21 bits per heavy atom. The topological polar surface area (TPSA) is 79.4 Å². The van der Waals surface area contributed by atoms with Crippen LogP contribution in [0.15, 0.2) is 18.2 Å². The average Bonchev–Trinajstić information content (AvgIpc) is 2.60. The van der Waals surface area contributed by atoms with E-state index in [-0.39, 0.29) is 11.9 Å². The quantitative estimate of drug-likeness (QED) is 0.385. The summed E-state index contributed by atoms with van der Waals surface area (Å²) in [4.78, 5) is 14.0. The molecule has 0 spiro atoms. The second kappa shape index (κ2) is 7.69. The Labute approximate surface area is 143 Å². The highest BCUT2D eigenvalue weighted by atomic mass is 16.5. The van der Waals surface area contributed by atoms with Crippen LogP contribution in [-0.2, 0) is 17.6 Å². The Hall–Kier alpha value is -2.04. The number of esters is 1. The first-order chi connectivity index (χ1) is 11.6. The maximum absolute atomic E-state index is 12.1. The highest BCUT2D eigenvalue weighted by Gasteiger charge is 2.21. The largest absolute Gasteiger partial charge is 0.427 e. The summed E-state index contributed by atoms with van der Waals surface area (Å²) in [7, 11) is 0. The number of fused-ring (bicyclic) bond motifs is 1. The zero-order valence-electron chi connectivity index (χ0n) is 14.2. The van der Waals surface area contributed by atoms with Crippen LogP contribution < -0.4 is 10.5 Å². The fourth-order valence-electron chi connectivity index (χ4n) is 3.74. The van der Waals surface area contributed by atoms with E-state index in [0.717, 1.165) is 45.2 Å². The van der Waals surface area contributed by atoms with E-state index in [1.807, 2.05) is 17.0 Å². The van der Waals surface area contributed by atoms with Gasteiger partial charge in [-0.15, -0.1) is 0 Å². The number of piperidine rings is 1. The molecule has 1 fully saturated rings. The van der Waals surface area contributed by atoms with Crippen molar-refractivity contribution in [3.05, 3.63) is 29.3 Å². The third-order valence-corrected chi connectivity index (χ3v) is 5.26. The number of aryl methyl sites for hydroxylation is 2. The predicted molar refractivity (Wildman–Crippen MR) is 94.2 cm³/mol. The Bertz CT molecular complexity index is 607. The molecule has 3 rings (SSSR count). The fraction of sp³-hybridized carbons (Fsp3) is 0.579. The smallest absolute Gasteiger partial charge is 0.311 e. The number of rotatable bonds is 4. The van der Waals surface area contributed by atoms with Crippen LogP contribution in [0.2, 0.25) is 0 Å². The summed E-state index contributed by atoms with van der Waals surface area (Å²) in [6, 6.07) is 6.07. The number of nitrogens with one attached hydrogen (secondary N) is 1. The lowest BCUT2D eigenvalue weighted by Gasteiger charge is -2.31. The maximum atomic E-state index is 12.1. The van der Waals surface area contributed by atoms with Crippen LogP contribution in [0.3, 0.4) is 0 Å². The van der Waals surface area contributed by atoms with Crippen LogP contribution in [0, 0.1) is 11.3 Å². The Balaban J connectivity index is 1.44. The van der Waals surface area contributed by atoms with Crippen molar-refractivity contribution < 1.29 is 9.53 Å². The normalized spacial score (nSPS) is 18.1. The molecule has 1 saturated heterocycles. The van der Waals surface area contributed by atoms with Crippen LogP contribution in [-0.4, -0.2) is 29.9 Å². The molecular weight excluding hydrogens is 302 g/mol. The zero-order valence-corrected chi connectivity index (χ0v) is 14.2. The predicted octanol–water partition coefficient (Wildman–Crippen LogP) is 2.86. The molecule has 3 N–H and O–H groups in total. The van der Waals surface area contributed by atoms with Crippen LogP contribution in [0.4, 0.5) is 0 Å². The van der Waals surface area contributed by atoms with Crippen molar-refractivity contribution in [1.82, 2.24) is 4.90 Å². The van der Waals surface area contributed by atoms with Crippen LogP contribution in [0.1, 0.15) is 49.7 Å². The standard InChI is InChI=1S/C19H27N3O2/c20-19(21)22-11-9-14(10-12-22)5-8-18(23)24-17-7-6-15-3-1-2-4-16(15)13-17/h6-7,13-14H,1-5,8-12H2,(H3,20,21). The molecule has 0 aromatic heterocycles. The third-order valence-electron chi connectivity index (χ3n) is 5.26. The van der Waals surface area contributed by atoms with Crippen LogP contribution >= 0.6 is 0 Å². The average molecular weight is 329 g/mol. The summed E-state index contributed by atoms with van der Waals surface area (Å²) >= 11 is 0. The number of ether oxygens (including phenoxy) is 1. The third kappa shape index (κ3) is 4.28. The highest BCUT2D eigenvalue weighted by Crippen LogP contribution is 2.26. The number of likely N-dealkylation sites (tertiary alicyclic amines) is 1. The molecule has 0 bridgehead atoms. The lowest BCUT2D eigenvalue weighted by Crippen LogP contribution is -2.42. The molecule has 0 atom stereocenters. The van der Waals surface area contributed by atoms with E-state index in [1.54, 1.807) is 0 Å². The van der Waals surface area contributed by atoms with E-state index in [2.05, 4.69) is 6.07 Å². The first-order valence-corrected chi connectivity index (χ1v) is 9.03. The molecule has 130 valence electrons. The van der Waals surface area contributed by atoms with Crippen molar-refractivity contribution in [2.24, 2.45) is 11.7 Å². The monoisotopic (exact) mass is 329 g/mol. The molecule has 0 radical (unpaired) electrons. The summed E-state index contributed by atoms with van der Waals surface area (Å²) in [5.41, 5.74) is 8.24. The molecular formula is C19H27N3O2. The first kappa shape index (κ1) is 16.8. The number of carbonyl (C=O) groups excluding carboxylic acids is 1. The number of nitrogens with two attached hydrogens (primary N) is 1. The van der Waals surface area contributed by atoms with E-state index in [0.29, 0.717) is 18.1 Å². The number of nitrogens with zero attached hydrogens (tertiary/aromatic N) is 1. The van der Waals surface area contributed by atoms with E-state index in [4.69, 9.17) is 15.9 Å². The number of hydrogen-bond acceptors (Lipinski definition) is 3. The molecule has 24 heavy (non-hydrogen) atoms. The van der Waals surface area contributed by atoms with Gasteiger partial charge < -0.3 is 15.4 Å². The molecule has 1 aromatic carbocycles. The van der Waals surface area contributed by atoms with Gasteiger partial charge in [-0.25, -0.2) is 0 Å². The Kier molecular flexibility index (Phi) is 5.38. The number of hydrogen-bond donors (Lipinski definition) is 2. The van der Waals surface area contributed by atoms with Gasteiger partial charge in [-0.1, -0.05) is 6.07 Å². The lowest BCUT2D eigenvalue weighted by molar-refractivity contribution is -0.134. The molecule has 0 unspecified atom stereocenters. The van der Waals surface area contributed by atoms with Gasteiger partial charge in [0.05, 0.1) is 0 Å². The highest BCUT2D eigenvalue weighted by molar-refractivity contribution is 5.74. The summed E-state index contributed by atoms with van der Waals surface area (Å²) in [5, 5.41) is 7.45. The minimum atomic E-state index is -0.139. The van der Waals surface area contributed by atoms with E-state index in [1.165, 1.54) is 24.0 Å². The summed E-state index contributed by atoms with van der Waals surface area (Å²) in [6.07, 6.45) is 8.02. The van der Waals surface area contributed by atoms with Crippen LogP contribution in [0.5, 0.6) is 5.75 Å². The van der Waals surface area contributed by atoms with Gasteiger partial charge in [0.15, 0.2) is 5.96 Å². The second-order valence-electron chi connectivity index (χ2n) is 6.97. The molecule has 5 nitrogen and oxygen atoms in total. The van der Waals surface area contributed by atoms with Gasteiger partial charge in [-0.2, -0.15) is 0 Å². The SMILES string of the molecule is N=C(N)N1CCC(CCC(=O)Oc2ccc3c(c2)CCCC3)CC1. The molecule has 5 heteroatoms.